The Hall–Kier alpha value is -2.11. The zero-order valence-corrected chi connectivity index (χ0v) is 13.0. The summed E-state index contributed by atoms with van der Waals surface area (Å²) in [7, 11) is 3.58. The minimum Gasteiger partial charge on any atom is -0.481 e. The lowest BCUT2D eigenvalue weighted by molar-refractivity contribution is -0.143. The molecule has 1 heterocycles. The van der Waals surface area contributed by atoms with E-state index in [-0.39, 0.29) is 18.0 Å². The third-order valence-electron chi connectivity index (χ3n) is 4.00. The van der Waals surface area contributed by atoms with Gasteiger partial charge in [-0.25, -0.2) is 4.39 Å². The van der Waals surface area contributed by atoms with Gasteiger partial charge in [0.15, 0.2) is 0 Å². The van der Waals surface area contributed by atoms with Crippen molar-refractivity contribution in [3.8, 4) is 0 Å². The van der Waals surface area contributed by atoms with Crippen molar-refractivity contribution in [1.29, 1.82) is 0 Å². The fourth-order valence-corrected chi connectivity index (χ4v) is 2.82. The van der Waals surface area contributed by atoms with Gasteiger partial charge in [-0.3, -0.25) is 9.59 Å². The monoisotopic (exact) mass is 308 g/mol. The number of hydrogen-bond donors (Lipinski definition) is 1. The number of carbonyl (C=O) groups is 2. The van der Waals surface area contributed by atoms with Gasteiger partial charge in [0.1, 0.15) is 5.82 Å². The zero-order chi connectivity index (χ0) is 16.4. The van der Waals surface area contributed by atoms with Crippen LogP contribution in [-0.4, -0.2) is 49.1 Å². The fraction of sp³-hybridized carbons (Fsp3) is 0.500. The number of carboxylic acids is 1. The number of anilines is 1. The van der Waals surface area contributed by atoms with Crippen LogP contribution in [0.2, 0.25) is 0 Å². The molecule has 2 unspecified atom stereocenters. The first-order chi connectivity index (χ1) is 10.3. The number of carboxylic acid groups (broad SMARTS) is 1. The molecule has 1 aromatic carbocycles. The van der Waals surface area contributed by atoms with Crippen molar-refractivity contribution in [2.45, 2.75) is 13.3 Å². The molecule has 120 valence electrons. The topological polar surface area (TPSA) is 60.9 Å². The summed E-state index contributed by atoms with van der Waals surface area (Å²) in [5.41, 5.74) is 0.660. The van der Waals surface area contributed by atoms with E-state index in [0.717, 1.165) is 0 Å². The van der Waals surface area contributed by atoms with Gasteiger partial charge in [-0.15, -0.1) is 0 Å². The summed E-state index contributed by atoms with van der Waals surface area (Å²) in [6, 6.07) is 4.45. The number of benzene rings is 1. The van der Waals surface area contributed by atoms with Crippen molar-refractivity contribution >= 4 is 17.6 Å². The van der Waals surface area contributed by atoms with Gasteiger partial charge in [-0.05, 0) is 30.5 Å². The van der Waals surface area contributed by atoms with Crippen LogP contribution in [0.15, 0.2) is 18.2 Å². The van der Waals surface area contributed by atoms with Gasteiger partial charge in [0, 0.05) is 32.9 Å². The number of piperidine rings is 1. The summed E-state index contributed by atoms with van der Waals surface area (Å²) < 4.78 is 14.2. The number of carbonyl (C=O) groups excluding carboxylic acids is 1. The van der Waals surface area contributed by atoms with Crippen LogP contribution in [0.25, 0.3) is 0 Å². The molecule has 0 aliphatic carbocycles. The molecule has 1 saturated heterocycles. The standard InChI is InChI=1S/C16H21FN2O3/c1-10-6-11(16(21)22)9-19(8-10)15(20)13-5-4-12(18(2)3)7-14(13)17/h4-5,7,10-11H,6,8-9H2,1-3H3,(H,21,22). The Morgan fingerprint density at radius 2 is 2.00 bits per heavy atom. The second kappa shape index (κ2) is 6.34. The highest BCUT2D eigenvalue weighted by Crippen LogP contribution is 2.25. The van der Waals surface area contributed by atoms with Crippen LogP contribution < -0.4 is 4.90 Å². The van der Waals surface area contributed by atoms with Crippen LogP contribution in [0.4, 0.5) is 10.1 Å². The Balaban J connectivity index is 2.22. The molecule has 2 atom stereocenters. The third kappa shape index (κ3) is 3.37. The van der Waals surface area contributed by atoms with Crippen molar-refractivity contribution in [2.75, 3.05) is 32.1 Å². The maximum atomic E-state index is 14.2. The number of amides is 1. The lowest BCUT2D eigenvalue weighted by Gasteiger charge is -2.34. The Labute approximate surface area is 129 Å². The molecule has 1 fully saturated rings. The highest BCUT2D eigenvalue weighted by Gasteiger charge is 2.33. The van der Waals surface area contributed by atoms with E-state index < -0.39 is 23.6 Å². The van der Waals surface area contributed by atoms with Crippen LogP contribution in [0, 0.1) is 17.7 Å². The van der Waals surface area contributed by atoms with Crippen LogP contribution in [-0.2, 0) is 4.79 Å². The highest BCUT2D eigenvalue weighted by molar-refractivity contribution is 5.95. The van der Waals surface area contributed by atoms with E-state index in [0.29, 0.717) is 18.7 Å². The Morgan fingerprint density at radius 3 is 2.55 bits per heavy atom. The van der Waals surface area contributed by atoms with Gasteiger partial charge in [0.25, 0.3) is 5.91 Å². The van der Waals surface area contributed by atoms with Crippen LogP contribution >= 0.6 is 0 Å². The van der Waals surface area contributed by atoms with Gasteiger partial charge in [-0.1, -0.05) is 6.92 Å². The molecule has 0 aromatic heterocycles. The van der Waals surface area contributed by atoms with Gasteiger partial charge >= 0.3 is 5.97 Å². The number of likely N-dealkylation sites (tertiary alicyclic amines) is 1. The van der Waals surface area contributed by atoms with E-state index >= 15 is 0 Å². The first-order valence-corrected chi connectivity index (χ1v) is 7.28. The minimum atomic E-state index is -0.909. The van der Waals surface area contributed by atoms with Crippen molar-refractivity contribution in [1.82, 2.24) is 4.90 Å². The normalized spacial score (nSPS) is 21.5. The maximum absolute atomic E-state index is 14.2. The molecule has 22 heavy (non-hydrogen) atoms. The lowest BCUT2D eigenvalue weighted by atomic mass is 9.90. The van der Waals surface area contributed by atoms with Gasteiger partial charge in [-0.2, -0.15) is 0 Å². The number of halogens is 1. The SMILES string of the molecule is CC1CC(C(=O)O)CN(C(=O)c2ccc(N(C)C)cc2F)C1. The predicted octanol–water partition coefficient (Wildman–Crippen LogP) is 2.07. The van der Waals surface area contributed by atoms with Crippen LogP contribution in [0.5, 0.6) is 0 Å². The number of nitrogens with zero attached hydrogens (tertiary/aromatic N) is 2. The van der Waals surface area contributed by atoms with Crippen LogP contribution in [0.3, 0.4) is 0 Å². The summed E-state index contributed by atoms with van der Waals surface area (Å²) in [6.07, 6.45) is 0.543. The molecule has 1 aromatic rings. The predicted molar refractivity (Wildman–Crippen MR) is 81.5 cm³/mol. The summed E-state index contributed by atoms with van der Waals surface area (Å²) in [5.74, 6) is -2.44. The molecular weight excluding hydrogens is 287 g/mol. The molecule has 1 aliphatic rings. The Morgan fingerprint density at radius 1 is 1.32 bits per heavy atom. The van der Waals surface area contributed by atoms with Gasteiger partial charge in [0.05, 0.1) is 11.5 Å². The summed E-state index contributed by atoms with van der Waals surface area (Å²) in [6.45, 7) is 2.49. The Bertz CT molecular complexity index is 589. The molecule has 0 radical (unpaired) electrons. The molecule has 0 spiro atoms. The fourth-order valence-electron chi connectivity index (χ4n) is 2.82. The number of rotatable bonds is 3. The molecule has 1 N–H and O–H groups in total. The average molecular weight is 308 g/mol. The van der Waals surface area contributed by atoms with E-state index in [2.05, 4.69) is 0 Å². The maximum Gasteiger partial charge on any atom is 0.308 e. The lowest BCUT2D eigenvalue weighted by Crippen LogP contribution is -2.45. The van der Waals surface area contributed by atoms with E-state index in [1.54, 1.807) is 25.1 Å². The van der Waals surface area contributed by atoms with Gasteiger partial charge in [0.2, 0.25) is 0 Å². The molecule has 2 rings (SSSR count). The van der Waals surface area contributed by atoms with Crippen molar-refractivity contribution in [3.63, 3.8) is 0 Å². The number of aliphatic carboxylic acids is 1. The van der Waals surface area contributed by atoms with Gasteiger partial charge < -0.3 is 14.9 Å². The quantitative estimate of drug-likeness (QED) is 0.928. The smallest absolute Gasteiger partial charge is 0.308 e. The third-order valence-corrected chi connectivity index (χ3v) is 4.00. The molecule has 1 aliphatic heterocycles. The van der Waals surface area contributed by atoms with Crippen molar-refractivity contribution in [3.05, 3.63) is 29.6 Å². The first kappa shape index (κ1) is 16.3. The second-order valence-electron chi connectivity index (χ2n) is 6.14. The summed E-state index contributed by atoms with van der Waals surface area (Å²) >= 11 is 0. The van der Waals surface area contributed by atoms with Crippen molar-refractivity contribution < 1.29 is 19.1 Å². The van der Waals surface area contributed by atoms with E-state index in [1.165, 1.54) is 17.0 Å². The molecule has 5 nitrogen and oxygen atoms in total. The summed E-state index contributed by atoms with van der Waals surface area (Å²) in [4.78, 5) is 26.9. The van der Waals surface area contributed by atoms with Crippen molar-refractivity contribution in [2.24, 2.45) is 11.8 Å². The number of hydrogen-bond acceptors (Lipinski definition) is 3. The zero-order valence-electron chi connectivity index (χ0n) is 13.0. The molecular formula is C16H21FN2O3. The van der Waals surface area contributed by atoms with E-state index in [4.69, 9.17) is 5.11 Å². The van der Waals surface area contributed by atoms with E-state index in [9.17, 15) is 14.0 Å². The Kier molecular flexibility index (Phi) is 4.68. The summed E-state index contributed by atoms with van der Waals surface area (Å²) in [5, 5.41) is 9.16. The van der Waals surface area contributed by atoms with E-state index in [1.807, 2.05) is 6.92 Å². The van der Waals surface area contributed by atoms with Crippen LogP contribution in [0.1, 0.15) is 23.7 Å². The molecule has 0 bridgehead atoms. The first-order valence-electron chi connectivity index (χ1n) is 7.28. The minimum absolute atomic E-state index is 0.0103. The highest BCUT2D eigenvalue weighted by atomic mass is 19.1. The molecule has 0 saturated carbocycles. The molecule has 1 amide bonds. The molecule has 6 heteroatoms. The largest absolute Gasteiger partial charge is 0.481 e. The average Bonchev–Trinajstić information content (AvgIpc) is 2.45. The second-order valence-corrected chi connectivity index (χ2v) is 6.14.